The lowest BCUT2D eigenvalue weighted by Gasteiger charge is -2.38. The number of hydrogen-bond acceptors (Lipinski definition) is 4. The maximum atomic E-state index is 13.9. The molecule has 2 fully saturated rings. The Labute approximate surface area is 210 Å². The average molecular weight is 481 g/mol. The van der Waals surface area contributed by atoms with E-state index < -0.39 is 23.7 Å². The van der Waals surface area contributed by atoms with Gasteiger partial charge in [-0.05, 0) is 49.5 Å². The van der Waals surface area contributed by atoms with Gasteiger partial charge in [-0.15, -0.1) is 0 Å². The first kappa shape index (κ1) is 22.7. The van der Waals surface area contributed by atoms with Crippen molar-refractivity contribution in [2.24, 2.45) is 41.4 Å². The maximum absolute atomic E-state index is 13.9. The number of para-hydroxylation sites is 1. The lowest BCUT2D eigenvalue weighted by molar-refractivity contribution is -0.137. The van der Waals surface area contributed by atoms with E-state index in [1.54, 1.807) is 36.4 Å². The normalized spacial score (nSPS) is 35.2. The molecule has 182 valence electrons. The number of allylic oxidation sites excluding steroid dienone is 7. The van der Waals surface area contributed by atoms with Gasteiger partial charge in [0.05, 0.1) is 35.1 Å². The molecule has 6 heteroatoms. The average Bonchev–Trinajstić information content (AvgIpc) is 3.41. The fourth-order valence-corrected chi connectivity index (χ4v) is 7.27. The van der Waals surface area contributed by atoms with Gasteiger partial charge in [-0.2, -0.15) is 0 Å². The number of rotatable bonds is 4. The molecule has 1 aromatic carbocycles. The molecule has 1 aromatic rings. The number of amides is 4. The Morgan fingerprint density at radius 2 is 1.64 bits per heavy atom. The Balaban J connectivity index is 1.41. The van der Waals surface area contributed by atoms with Crippen molar-refractivity contribution in [1.29, 1.82) is 0 Å². The van der Waals surface area contributed by atoms with Crippen LogP contribution in [0.4, 0.5) is 5.69 Å². The van der Waals surface area contributed by atoms with E-state index in [0.717, 1.165) is 11.1 Å². The monoisotopic (exact) mass is 480 g/mol. The van der Waals surface area contributed by atoms with Crippen molar-refractivity contribution in [2.75, 3.05) is 4.90 Å². The number of carbonyl (C=O) groups excluding carboxylic acids is 4. The van der Waals surface area contributed by atoms with Gasteiger partial charge in [-0.25, -0.2) is 4.90 Å². The summed E-state index contributed by atoms with van der Waals surface area (Å²) in [5.74, 6) is -3.46. The first-order chi connectivity index (χ1) is 17.4. The van der Waals surface area contributed by atoms with Crippen LogP contribution in [0.25, 0.3) is 0 Å². The van der Waals surface area contributed by atoms with Crippen molar-refractivity contribution in [1.82, 2.24) is 4.90 Å². The number of likely N-dealkylation sites (tertiary alicyclic amines) is 1. The summed E-state index contributed by atoms with van der Waals surface area (Å²) < 4.78 is 0. The highest BCUT2D eigenvalue weighted by Crippen LogP contribution is 2.60. The van der Waals surface area contributed by atoms with Gasteiger partial charge in [0.2, 0.25) is 23.6 Å². The third-order valence-electron chi connectivity index (χ3n) is 8.51. The summed E-state index contributed by atoms with van der Waals surface area (Å²) in [6, 6.07) is 9.03. The highest BCUT2D eigenvalue weighted by atomic mass is 16.2. The number of benzene rings is 1. The summed E-state index contributed by atoms with van der Waals surface area (Å²) >= 11 is 0. The molecule has 0 radical (unpaired) electrons. The Kier molecular flexibility index (Phi) is 5.11. The first-order valence-electron chi connectivity index (χ1n) is 12.6. The molecular weight excluding hydrogens is 452 g/mol. The van der Waals surface area contributed by atoms with Crippen LogP contribution in [0.15, 0.2) is 90.2 Å². The summed E-state index contributed by atoms with van der Waals surface area (Å²) in [6.45, 7) is 7.56. The van der Waals surface area contributed by atoms with Crippen molar-refractivity contribution < 1.29 is 19.2 Å². The van der Waals surface area contributed by atoms with Crippen LogP contribution in [0.5, 0.6) is 0 Å². The van der Waals surface area contributed by atoms with Gasteiger partial charge in [-0.1, -0.05) is 67.2 Å². The van der Waals surface area contributed by atoms with Gasteiger partial charge in [0, 0.05) is 5.92 Å². The predicted octanol–water partition coefficient (Wildman–Crippen LogP) is 4.19. The fraction of sp³-hybridized carbons (Fsp3) is 0.333. The van der Waals surface area contributed by atoms with E-state index >= 15 is 0 Å². The molecule has 4 amide bonds. The number of fused-ring (bicyclic) bond motifs is 8. The minimum absolute atomic E-state index is 0.0658. The first-order valence-corrected chi connectivity index (χ1v) is 12.6. The fourth-order valence-electron chi connectivity index (χ4n) is 7.27. The number of carbonyl (C=O) groups is 4. The molecule has 6 rings (SSSR count). The Bertz CT molecular complexity index is 1330. The summed E-state index contributed by atoms with van der Waals surface area (Å²) in [4.78, 5) is 57.4. The quantitative estimate of drug-likeness (QED) is 0.368. The van der Waals surface area contributed by atoms with Crippen LogP contribution < -0.4 is 4.90 Å². The summed E-state index contributed by atoms with van der Waals surface area (Å²) in [6.07, 6.45) is 11.6. The topological polar surface area (TPSA) is 74.8 Å². The molecule has 5 aliphatic rings. The van der Waals surface area contributed by atoms with E-state index in [2.05, 4.69) is 18.7 Å². The minimum atomic E-state index is -0.580. The van der Waals surface area contributed by atoms with E-state index in [0.29, 0.717) is 17.8 Å². The molecule has 36 heavy (non-hydrogen) atoms. The zero-order valence-electron chi connectivity index (χ0n) is 20.3. The van der Waals surface area contributed by atoms with E-state index in [4.69, 9.17) is 0 Å². The van der Waals surface area contributed by atoms with E-state index in [1.807, 2.05) is 32.0 Å². The van der Waals surface area contributed by atoms with Gasteiger partial charge in [0.25, 0.3) is 0 Å². The van der Waals surface area contributed by atoms with Gasteiger partial charge in [0.15, 0.2) is 0 Å². The lowest BCUT2D eigenvalue weighted by Crippen LogP contribution is -2.40. The second-order valence-corrected chi connectivity index (χ2v) is 10.4. The van der Waals surface area contributed by atoms with Crippen LogP contribution in [-0.4, -0.2) is 28.5 Å². The smallest absolute Gasteiger partial charge is 0.241 e. The lowest BCUT2D eigenvalue weighted by atomic mass is 9.63. The SMILES string of the molecule is C=C/C=C(\C=C/C)N1C(=O)C2C(C)C=C3CC4C=C(C5C(=O)N(c6ccccc6)C(=O)C45)[C@H]3C2C1=O. The highest BCUT2D eigenvalue weighted by molar-refractivity contribution is 6.23. The standard InChI is InChI=1S/C30H28N2O4/c1-4-9-19(10-5-2)31-27(33)22-16(3)13-17-14-18-15-21(23(17)26(22)30(31)36)25-24(18)28(34)32(29(25)35)20-11-7-6-8-12-20/h4-13,15-16,18,22-26H,1,14H2,2-3H3/b10-5-,19-9+/t16?,18?,22?,23-,24?,25?,26?/m0/s1. The molecular formula is C30H28N2O4. The van der Waals surface area contributed by atoms with Crippen LogP contribution in [0.3, 0.4) is 0 Å². The molecule has 0 N–H and O–H groups in total. The number of nitrogens with zero attached hydrogens (tertiary/aromatic N) is 2. The van der Waals surface area contributed by atoms with Crippen LogP contribution in [0.1, 0.15) is 20.3 Å². The van der Waals surface area contributed by atoms with Gasteiger partial charge < -0.3 is 0 Å². The molecule has 6 unspecified atom stereocenters. The summed E-state index contributed by atoms with van der Waals surface area (Å²) in [5.41, 5.74) is 3.02. The van der Waals surface area contributed by atoms with Crippen LogP contribution in [0.2, 0.25) is 0 Å². The van der Waals surface area contributed by atoms with Gasteiger partial charge in [-0.3, -0.25) is 24.1 Å². The molecule has 0 aromatic heterocycles. The highest BCUT2D eigenvalue weighted by Gasteiger charge is 2.64. The molecule has 2 heterocycles. The molecule has 2 aliphatic heterocycles. The zero-order valence-corrected chi connectivity index (χ0v) is 20.3. The molecule has 6 nitrogen and oxygen atoms in total. The molecule has 0 saturated carbocycles. The third kappa shape index (κ3) is 2.90. The largest absolute Gasteiger partial charge is 0.274 e. The molecule has 2 bridgehead atoms. The van der Waals surface area contributed by atoms with Crippen LogP contribution in [0, 0.1) is 41.4 Å². The Morgan fingerprint density at radius 3 is 2.33 bits per heavy atom. The summed E-state index contributed by atoms with van der Waals surface area (Å²) in [7, 11) is 0. The number of imide groups is 2. The maximum Gasteiger partial charge on any atom is 0.241 e. The number of hydrogen-bond donors (Lipinski definition) is 0. The molecule has 2 saturated heterocycles. The molecule has 3 aliphatic carbocycles. The van der Waals surface area contributed by atoms with Crippen molar-refractivity contribution in [3.05, 3.63) is 90.2 Å². The van der Waals surface area contributed by atoms with Crippen molar-refractivity contribution in [2.45, 2.75) is 20.3 Å². The van der Waals surface area contributed by atoms with Gasteiger partial charge >= 0.3 is 0 Å². The van der Waals surface area contributed by atoms with E-state index in [9.17, 15) is 19.2 Å². The number of anilines is 1. The van der Waals surface area contributed by atoms with Crippen LogP contribution in [-0.2, 0) is 19.2 Å². The second-order valence-electron chi connectivity index (χ2n) is 10.4. The second kappa shape index (κ2) is 8.12. The zero-order chi connectivity index (χ0) is 25.3. The minimum Gasteiger partial charge on any atom is -0.274 e. The Hall–Kier alpha value is -3.80. The Morgan fingerprint density at radius 1 is 0.917 bits per heavy atom. The van der Waals surface area contributed by atoms with E-state index in [1.165, 1.54) is 9.80 Å². The van der Waals surface area contributed by atoms with Crippen LogP contribution >= 0.6 is 0 Å². The molecule has 7 atom stereocenters. The van der Waals surface area contributed by atoms with Gasteiger partial charge in [0.1, 0.15) is 0 Å². The van der Waals surface area contributed by atoms with Crippen molar-refractivity contribution in [3.8, 4) is 0 Å². The predicted molar refractivity (Wildman–Crippen MR) is 135 cm³/mol. The van der Waals surface area contributed by atoms with E-state index in [-0.39, 0.29) is 41.4 Å². The third-order valence-corrected chi connectivity index (χ3v) is 8.51. The van der Waals surface area contributed by atoms with Crippen molar-refractivity contribution in [3.63, 3.8) is 0 Å². The summed E-state index contributed by atoms with van der Waals surface area (Å²) in [5, 5.41) is 0. The molecule has 0 spiro atoms. The van der Waals surface area contributed by atoms with Crippen molar-refractivity contribution >= 4 is 29.3 Å².